The molecule has 1 heterocycles. The van der Waals surface area contributed by atoms with Gasteiger partial charge in [0.1, 0.15) is 0 Å². The molecule has 5 nitrogen and oxygen atoms in total. The van der Waals surface area contributed by atoms with E-state index in [1.165, 1.54) is 14.2 Å². The van der Waals surface area contributed by atoms with E-state index in [1.54, 1.807) is 0 Å². The lowest BCUT2D eigenvalue weighted by Gasteiger charge is -2.40. The minimum atomic E-state index is -0.600. The lowest BCUT2D eigenvalue weighted by Crippen LogP contribution is -2.45. The van der Waals surface area contributed by atoms with Crippen molar-refractivity contribution in [3.05, 3.63) is 0 Å². The zero-order valence-electron chi connectivity index (χ0n) is 15.1. The summed E-state index contributed by atoms with van der Waals surface area (Å²) >= 11 is 0. The average Bonchev–Trinajstić information content (AvgIpc) is 2.38. The number of ether oxygens (including phenoxy) is 3. The van der Waals surface area contributed by atoms with Gasteiger partial charge in [-0.3, -0.25) is 4.79 Å². The molecule has 2 atom stereocenters. The second kappa shape index (κ2) is 12.0. The Morgan fingerprint density at radius 3 is 2.05 bits per heavy atom. The highest BCUT2D eigenvalue weighted by Crippen LogP contribution is 2.29. The van der Waals surface area contributed by atoms with E-state index in [4.69, 9.17) is 9.47 Å². The third kappa shape index (κ3) is 12.8. The van der Waals surface area contributed by atoms with Gasteiger partial charge in [0.15, 0.2) is 5.79 Å². The predicted octanol–water partition coefficient (Wildman–Crippen LogP) is 3.11. The fraction of sp³-hybridized carbons (Fsp3) is 0.938. The van der Waals surface area contributed by atoms with Gasteiger partial charge in [0, 0.05) is 6.42 Å². The zero-order chi connectivity index (χ0) is 17.1. The van der Waals surface area contributed by atoms with Crippen LogP contribution in [0.3, 0.4) is 0 Å². The second-order valence-electron chi connectivity index (χ2n) is 6.04. The van der Waals surface area contributed by atoms with Crippen LogP contribution < -0.4 is 5.73 Å². The van der Waals surface area contributed by atoms with Gasteiger partial charge in [-0.15, -0.1) is 0 Å². The molecule has 5 heteroatoms. The number of carbonyl (C=O) groups is 1. The van der Waals surface area contributed by atoms with Gasteiger partial charge in [0.05, 0.1) is 25.7 Å². The molecule has 1 aliphatic rings. The normalized spacial score (nSPS) is 23.3. The molecule has 21 heavy (non-hydrogen) atoms. The Kier molecular flexibility index (Phi) is 12.9. The Hall–Kier alpha value is -0.650. The Labute approximate surface area is 130 Å². The van der Waals surface area contributed by atoms with Crippen LogP contribution in [0.2, 0.25) is 0 Å². The van der Waals surface area contributed by atoms with E-state index >= 15 is 0 Å². The minimum absolute atomic E-state index is 0.0915. The molecule has 128 valence electrons. The number of rotatable bonds is 3. The summed E-state index contributed by atoms with van der Waals surface area (Å²) in [6.45, 7) is 12.3. The molecule has 0 aromatic carbocycles. The van der Waals surface area contributed by atoms with Gasteiger partial charge in [0.2, 0.25) is 0 Å². The number of nitrogens with two attached hydrogens (primary N) is 1. The molecular formula is C16H35NO4. The summed E-state index contributed by atoms with van der Waals surface area (Å²) in [5, 5.41) is 0. The Morgan fingerprint density at radius 2 is 1.67 bits per heavy atom. The maximum atomic E-state index is 11.1. The fourth-order valence-corrected chi connectivity index (χ4v) is 1.86. The van der Waals surface area contributed by atoms with Crippen molar-refractivity contribution in [1.29, 1.82) is 0 Å². The molecule has 1 unspecified atom stereocenters. The van der Waals surface area contributed by atoms with Crippen LogP contribution in [0.25, 0.3) is 0 Å². The van der Waals surface area contributed by atoms with E-state index in [1.807, 2.05) is 13.8 Å². The van der Waals surface area contributed by atoms with Gasteiger partial charge in [-0.05, 0) is 33.2 Å². The Balaban J connectivity index is 0. The van der Waals surface area contributed by atoms with Gasteiger partial charge in [-0.2, -0.15) is 0 Å². The summed E-state index contributed by atoms with van der Waals surface area (Å²) < 4.78 is 16.0. The summed E-state index contributed by atoms with van der Waals surface area (Å²) in [6.07, 6.45) is 2.08. The van der Waals surface area contributed by atoms with Crippen molar-refractivity contribution < 1.29 is 19.0 Å². The zero-order valence-corrected chi connectivity index (χ0v) is 15.1. The molecule has 1 saturated heterocycles. The molecule has 0 amide bonds. The van der Waals surface area contributed by atoms with Crippen molar-refractivity contribution in [3.63, 3.8) is 0 Å². The molecule has 0 aromatic rings. The van der Waals surface area contributed by atoms with Crippen LogP contribution in [0, 0.1) is 5.92 Å². The van der Waals surface area contributed by atoms with Gasteiger partial charge >= 0.3 is 5.97 Å². The second-order valence-corrected chi connectivity index (χ2v) is 6.04. The highest BCUT2D eigenvalue weighted by molar-refractivity contribution is 5.69. The van der Waals surface area contributed by atoms with Crippen molar-refractivity contribution in [2.24, 2.45) is 11.7 Å². The monoisotopic (exact) mass is 305 g/mol. The van der Waals surface area contributed by atoms with Crippen molar-refractivity contribution in [3.8, 4) is 0 Å². The molecular weight excluding hydrogens is 270 g/mol. The topological polar surface area (TPSA) is 70.8 Å². The smallest absolute Gasteiger partial charge is 0.308 e. The van der Waals surface area contributed by atoms with Crippen LogP contribution in [0.1, 0.15) is 60.8 Å². The van der Waals surface area contributed by atoms with E-state index in [0.717, 1.165) is 18.8 Å². The standard InChI is InChI=1S/C11H20O4.C4H10.CH5N/c1-5-8-6-9(7-10(12)13-4)15-11(2,3)14-8;1-4(2)3;1-2/h8-9H,5-7H2,1-4H3;4H,1-3H3;2H2,1H3/t8?,9-;;/m1../s1. The maximum absolute atomic E-state index is 11.1. The molecule has 1 rings (SSSR count). The molecule has 1 fully saturated rings. The van der Waals surface area contributed by atoms with Crippen LogP contribution in [0.4, 0.5) is 0 Å². The SMILES string of the molecule is CC(C)C.CCC1C[C@H](CC(=O)OC)OC(C)(C)O1.CN. The lowest BCUT2D eigenvalue weighted by atomic mass is 10.0. The number of methoxy groups -OCH3 is 1. The molecule has 0 radical (unpaired) electrons. The van der Waals surface area contributed by atoms with Gasteiger partial charge in [0.25, 0.3) is 0 Å². The van der Waals surface area contributed by atoms with Crippen molar-refractivity contribution in [2.75, 3.05) is 14.2 Å². The fourth-order valence-electron chi connectivity index (χ4n) is 1.86. The van der Waals surface area contributed by atoms with E-state index in [2.05, 4.69) is 38.2 Å². The Bertz CT molecular complexity index is 264. The summed E-state index contributed by atoms with van der Waals surface area (Å²) in [6, 6.07) is 0. The van der Waals surface area contributed by atoms with Gasteiger partial charge in [-0.25, -0.2) is 0 Å². The van der Waals surface area contributed by atoms with E-state index in [-0.39, 0.29) is 18.2 Å². The third-order valence-corrected chi connectivity index (χ3v) is 2.50. The summed E-state index contributed by atoms with van der Waals surface area (Å²) in [4.78, 5) is 11.1. The van der Waals surface area contributed by atoms with Crippen LogP contribution in [-0.2, 0) is 19.0 Å². The molecule has 0 spiro atoms. The van der Waals surface area contributed by atoms with Crippen molar-refractivity contribution in [2.45, 2.75) is 78.8 Å². The van der Waals surface area contributed by atoms with Crippen LogP contribution >= 0.6 is 0 Å². The first-order valence-corrected chi connectivity index (χ1v) is 7.70. The van der Waals surface area contributed by atoms with Crippen LogP contribution in [0.5, 0.6) is 0 Å². The molecule has 2 N–H and O–H groups in total. The summed E-state index contributed by atoms with van der Waals surface area (Å²) in [5.41, 5.74) is 4.50. The lowest BCUT2D eigenvalue weighted by molar-refractivity contribution is -0.299. The van der Waals surface area contributed by atoms with E-state index < -0.39 is 5.79 Å². The van der Waals surface area contributed by atoms with E-state index in [9.17, 15) is 4.79 Å². The highest BCUT2D eigenvalue weighted by atomic mass is 16.7. The van der Waals surface area contributed by atoms with Crippen LogP contribution in [-0.4, -0.2) is 38.1 Å². The van der Waals surface area contributed by atoms with Crippen molar-refractivity contribution in [1.82, 2.24) is 0 Å². The largest absolute Gasteiger partial charge is 0.469 e. The number of hydrogen-bond donors (Lipinski definition) is 1. The first-order valence-electron chi connectivity index (χ1n) is 7.70. The number of hydrogen-bond acceptors (Lipinski definition) is 5. The molecule has 0 saturated carbocycles. The molecule has 0 bridgehead atoms. The number of esters is 1. The van der Waals surface area contributed by atoms with Gasteiger partial charge < -0.3 is 19.9 Å². The van der Waals surface area contributed by atoms with E-state index in [0.29, 0.717) is 6.42 Å². The quantitative estimate of drug-likeness (QED) is 0.811. The summed E-state index contributed by atoms with van der Waals surface area (Å²) in [7, 11) is 2.89. The Morgan fingerprint density at radius 1 is 1.24 bits per heavy atom. The molecule has 1 aliphatic heterocycles. The molecule has 0 aliphatic carbocycles. The van der Waals surface area contributed by atoms with Gasteiger partial charge in [-0.1, -0.05) is 27.7 Å². The molecule has 0 aromatic heterocycles. The van der Waals surface area contributed by atoms with Crippen LogP contribution in [0.15, 0.2) is 0 Å². The highest BCUT2D eigenvalue weighted by Gasteiger charge is 2.35. The van der Waals surface area contributed by atoms with Crippen molar-refractivity contribution >= 4 is 5.97 Å². The average molecular weight is 305 g/mol. The maximum Gasteiger partial charge on any atom is 0.308 e. The number of carbonyl (C=O) groups excluding carboxylic acids is 1. The predicted molar refractivity (Wildman–Crippen MR) is 86.0 cm³/mol. The first kappa shape index (κ1) is 22.6. The third-order valence-electron chi connectivity index (χ3n) is 2.50. The summed E-state index contributed by atoms with van der Waals surface area (Å²) in [5.74, 6) is 0.00463. The first-order chi connectivity index (χ1) is 9.70. The minimum Gasteiger partial charge on any atom is -0.469 e.